The van der Waals surface area contributed by atoms with Crippen LogP contribution >= 0.6 is 10.7 Å². The summed E-state index contributed by atoms with van der Waals surface area (Å²) < 4.78 is 34.9. The Morgan fingerprint density at radius 3 is 2.17 bits per heavy atom. The number of halogens is 2. The second-order valence-corrected chi connectivity index (χ2v) is 6.17. The van der Waals surface area contributed by atoms with Crippen molar-refractivity contribution in [2.45, 2.75) is 37.8 Å². The molecule has 0 N–H and O–H groups in total. The van der Waals surface area contributed by atoms with E-state index < -0.39 is 20.5 Å². The van der Waals surface area contributed by atoms with Crippen LogP contribution in [-0.2, 0) is 9.05 Å². The summed E-state index contributed by atoms with van der Waals surface area (Å²) in [6.45, 7) is 0. The lowest BCUT2D eigenvalue weighted by Crippen LogP contribution is -2.33. The van der Waals surface area contributed by atoms with Crippen molar-refractivity contribution in [2.75, 3.05) is 5.75 Å². The van der Waals surface area contributed by atoms with Gasteiger partial charge in [-0.05, 0) is 12.8 Å². The van der Waals surface area contributed by atoms with Crippen LogP contribution in [0.1, 0.15) is 32.1 Å². The normalized spacial score (nSPS) is 23.8. The van der Waals surface area contributed by atoms with Crippen LogP contribution in [0.2, 0.25) is 0 Å². The van der Waals surface area contributed by atoms with Gasteiger partial charge in [0.25, 0.3) is 0 Å². The lowest BCUT2D eigenvalue weighted by molar-refractivity contribution is 0.133. The minimum atomic E-state index is -3.68. The fourth-order valence-electron chi connectivity index (χ4n) is 1.64. The van der Waals surface area contributed by atoms with Gasteiger partial charge in [0.1, 0.15) is 5.67 Å². The molecular formula is C7H12ClFO2S. The van der Waals surface area contributed by atoms with Crippen LogP contribution in [0.3, 0.4) is 0 Å². The molecule has 1 saturated carbocycles. The standard InChI is InChI=1S/C7H12ClFO2S/c8-12(10,11)6-7(9)4-2-1-3-5-7/h1-6H2. The number of hydrogen-bond donors (Lipinski definition) is 0. The van der Waals surface area contributed by atoms with Gasteiger partial charge in [0.2, 0.25) is 9.05 Å². The Bertz CT molecular complexity index is 244. The molecule has 0 saturated heterocycles. The second kappa shape index (κ2) is 3.50. The highest BCUT2D eigenvalue weighted by atomic mass is 35.7. The Hall–Kier alpha value is 0.170. The van der Waals surface area contributed by atoms with Gasteiger partial charge in [0.05, 0.1) is 5.75 Å². The molecule has 0 spiro atoms. The van der Waals surface area contributed by atoms with Gasteiger partial charge < -0.3 is 0 Å². The van der Waals surface area contributed by atoms with Gasteiger partial charge in [-0.25, -0.2) is 12.8 Å². The molecule has 1 rings (SSSR count). The van der Waals surface area contributed by atoms with Crippen molar-refractivity contribution in [3.63, 3.8) is 0 Å². The summed E-state index contributed by atoms with van der Waals surface area (Å²) in [5.41, 5.74) is -1.56. The molecule has 0 heterocycles. The largest absolute Gasteiger partial charge is 0.243 e. The van der Waals surface area contributed by atoms with Crippen molar-refractivity contribution < 1.29 is 12.8 Å². The lowest BCUT2D eigenvalue weighted by Gasteiger charge is -2.27. The smallest absolute Gasteiger partial charge is 0.235 e. The van der Waals surface area contributed by atoms with E-state index in [0.717, 1.165) is 19.3 Å². The summed E-state index contributed by atoms with van der Waals surface area (Å²) in [7, 11) is 1.30. The fourth-order valence-corrected chi connectivity index (χ4v) is 3.13. The van der Waals surface area contributed by atoms with E-state index in [9.17, 15) is 12.8 Å². The molecule has 2 nitrogen and oxygen atoms in total. The highest BCUT2D eigenvalue weighted by Crippen LogP contribution is 2.33. The first-order valence-electron chi connectivity index (χ1n) is 4.03. The van der Waals surface area contributed by atoms with E-state index in [1.54, 1.807) is 0 Å². The zero-order valence-corrected chi connectivity index (χ0v) is 8.30. The van der Waals surface area contributed by atoms with E-state index >= 15 is 0 Å². The number of alkyl halides is 1. The number of rotatable bonds is 2. The van der Waals surface area contributed by atoms with E-state index in [-0.39, 0.29) is 0 Å². The van der Waals surface area contributed by atoms with E-state index in [1.807, 2.05) is 0 Å². The molecule has 0 atom stereocenters. The van der Waals surface area contributed by atoms with Gasteiger partial charge in [-0.15, -0.1) is 0 Å². The van der Waals surface area contributed by atoms with Gasteiger partial charge in [0.15, 0.2) is 0 Å². The van der Waals surface area contributed by atoms with Gasteiger partial charge in [-0.3, -0.25) is 0 Å². The quantitative estimate of drug-likeness (QED) is 0.661. The topological polar surface area (TPSA) is 34.1 Å². The van der Waals surface area contributed by atoms with E-state index in [4.69, 9.17) is 10.7 Å². The predicted octanol–water partition coefficient (Wildman–Crippen LogP) is 2.23. The van der Waals surface area contributed by atoms with Crippen molar-refractivity contribution >= 4 is 19.7 Å². The van der Waals surface area contributed by atoms with Crippen molar-refractivity contribution in [3.8, 4) is 0 Å². The SMILES string of the molecule is O=S(=O)(Cl)CC1(F)CCCCC1. The van der Waals surface area contributed by atoms with Crippen LogP contribution in [0.5, 0.6) is 0 Å². The highest BCUT2D eigenvalue weighted by Gasteiger charge is 2.35. The summed E-state index contributed by atoms with van der Waals surface area (Å²) in [5.74, 6) is -0.526. The maximum atomic E-state index is 13.6. The Morgan fingerprint density at radius 2 is 1.75 bits per heavy atom. The maximum Gasteiger partial charge on any atom is 0.235 e. The molecule has 0 radical (unpaired) electrons. The molecular weight excluding hydrogens is 203 g/mol. The van der Waals surface area contributed by atoms with Crippen LogP contribution in [0.4, 0.5) is 4.39 Å². The van der Waals surface area contributed by atoms with E-state index in [1.165, 1.54) is 0 Å². The summed E-state index contributed by atoms with van der Waals surface area (Å²) >= 11 is 0. The molecule has 0 aromatic heterocycles. The van der Waals surface area contributed by atoms with Crippen molar-refractivity contribution in [1.29, 1.82) is 0 Å². The monoisotopic (exact) mass is 214 g/mol. The second-order valence-electron chi connectivity index (χ2n) is 3.39. The molecule has 1 aliphatic rings. The summed E-state index contributed by atoms with van der Waals surface area (Å²) in [6.07, 6.45) is 3.19. The van der Waals surface area contributed by atoms with Gasteiger partial charge >= 0.3 is 0 Å². The third kappa shape index (κ3) is 3.27. The molecule has 0 aromatic rings. The lowest BCUT2D eigenvalue weighted by atomic mass is 9.88. The van der Waals surface area contributed by atoms with Crippen LogP contribution < -0.4 is 0 Å². The maximum absolute atomic E-state index is 13.6. The summed E-state index contributed by atoms with van der Waals surface area (Å²) in [4.78, 5) is 0. The minimum absolute atomic E-state index is 0.332. The molecule has 0 aliphatic heterocycles. The van der Waals surface area contributed by atoms with Crippen molar-refractivity contribution in [1.82, 2.24) is 0 Å². The average molecular weight is 215 g/mol. The Morgan fingerprint density at radius 1 is 1.25 bits per heavy atom. The highest BCUT2D eigenvalue weighted by molar-refractivity contribution is 8.13. The third-order valence-corrected chi connectivity index (χ3v) is 3.37. The molecule has 12 heavy (non-hydrogen) atoms. The molecule has 0 unspecified atom stereocenters. The average Bonchev–Trinajstić information content (AvgIpc) is 1.83. The minimum Gasteiger partial charge on any atom is -0.243 e. The first kappa shape index (κ1) is 10.3. The summed E-state index contributed by atoms with van der Waals surface area (Å²) in [5, 5.41) is 0. The molecule has 1 aliphatic carbocycles. The van der Waals surface area contributed by atoms with Crippen LogP contribution in [0.15, 0.2) is 0 Å². The predicted molar refractivity (Wildman–Crippen MR) is 46.6 cm³/mol. The first-order valence-corrected chi connectivity index (χ1v) is 6.50. The first-order chi connectivity index (χ1) is 5.41. The third-order valence-electron chi connectivity index (χ3n) is 2.18. The molecule has 0 bridgehead atoms. The Kier molecular flexibility index (Phi) is 2.99. The summed E-state index contributed by atoms with van der Waals surface area (Å²) in [6, 6.07) is 0. The van der Waals surface area contributed by atoms with Crippen molar-refractivity contribution in [3.05, 3.63) is 0 Å². The Labute approximate surface area is 76.5 Å². The van der Waals surface area contributed by atoms with Gasteiger partial charge in [0, 0.05) is 10.7 Å². The Balaban J connectivity index is 2.59. The zero-order chi connectivity index (χ0) is 9.24. The van der Waals surface area contributed by atoms with Crippen LogP contribution in [0, 0.1) is 0 Å². The van der Waals surface area contributed by atoms with Crippen LogP contribution in [0.25, 0.3) is 0 Å². The molecule has 72 valence electrons. The molecule has 1 fully saturated rings. The van der Waals surface area contributed by atoms with Crippen LogP contribution in [-0.4, -0.2) is 19.8 Å². The van der Waals surface area contributed by atoms with E-state index in [0.29, 0.717) is 12.8 Å². The van der Waals surface area contributed by atoms with E-state index in [2.05, 4.69) is 0 Å². The number of hydrogen-bond acceptors (Lipinski definition) is 2. The molecule has 0 amide bonds. The fraction of sp³-hybridized carbons (Fsp3) is 1.00. The van der Waals surface area contributed by atoms with Gasteiger partial charge in [-0.2, -0.15) is 0 Å². The van der Waals surface area contributed by atoms with Gasteiger partial charge in [-0.1, -0.05) is 19.3 Å². The molecule has 5 heteroatoms. The zero-order valence-electron chi connectivity index (χ0n) is 6.72. The van der Waals surface area contributed by atoms with Crippen molar-refractivity contribution in [2.24, 2.45) is 0 Å². The molecule has 0 aromatic carbocycles.